The number of aromatic nitrogens is 3. The van der Waals surface area contributed by atoms with E-state index in [1.54, 1.807) is 43.4 Å². The number of ether oxygens (including phenoxy) is 2. The van der Waals surface area contributed by atoms with Crippen molar-refractivity contribution in [2.24, 2.45) is 0 Å². The second-order valence-corrected chi connectivity index (χ2v) is 5.73. The Morgan fingerprint density at radius 2 is 1.73 bits per heavy atom. The minimum atomic E-state index is -0.199. The molecule has 0 spiro atoms. The molecule has 0 aliphatic rings. The van der Waals surface area contributed by atoms with Crippen molar-refractivity contribution in [1.29, 1.82) is 0 Å². The Morgan fingerprint density at radius 1 is 1.08 bits per heavy atom. The van der Waals surface area contributed by atoms with Crippen LogP contribution in [0.3, 0.4) is 0 Å². The summed E-state index contributed by atoms with van der Waals surface area (Å²) in [7, 11) is 3.10. The van der Waals surface area contributed by atoms with E-state index in [0.717, 1.165) is 11.3 Å². The molecule has 0 saturated heterocycles. The Hall–Kier alpha value is -3.35. The van der Waals surface area contributed by atoms with E-state index in [2.05, 4.69) is 15.4 Å². The van der Waals surface area contributed by atoms with Crippen LogP contribution in [-0.4, -0.2) is 34.9 Å². The Morgan fingerprint density at radius 3 is 2.27 bits per heavy atom. The molecule has 0 saturated carbocycles. The molecular weight excluding hydrogens is 332 g/mol. The van der Waals surface area contributed by atoms with Crippen molar-refractivity contribution in [3.8, 4) is 17.2 Å². The third-order valence-electron chi connectivity index (χ3n) is 4.04. The van der Waals surface area contributed by atoms with Gasteiger partial charge in [-0.3, -0.25) is 4.79 Å². The maximum Gasteiger partial charge on any atom is 0.252 e. The monoisotopic (exact) mass is 352 g/mol. The number of benzene rings is 2. The molecule has 0 radical (unpaired) electrons. The number of rotatable bonds is 6. The highest BCUT2D eigenvalue weighted by Gasteiger charge is 2.14. The van der Waals surface area contributed by atoms with E-state index in [1.165, 1.54) is 6.33 Å². The average molecular weight is 352 g/mol. The summed E-state index contributed by atoms with van der Waals surface area (Å²) in [5.41, 5.74) is 2.37. The van der Waals surface area contributed by atoms with E-state index in [-0.39, 0.29) is 11.9 Å². The maximum absolute atomic E-state index is 12.6. The molecule has 3 rings (SSSR count). The standard InChI is InChI=1S/C19H20N4O3/c1-13(14-4-6-16(7-5-14)23-12-20-11-21-23)22-19(24)15-8-17(25-2)10-18(9-15)26-3/h4-13H,1-3H3,(H,22,24)/t13-/m0/s1. The number of carbonyl (C=O) groups excluding carboxylic acids is 1. The van der Waals surface area contributed by atoms with E-state index in [1.807, 2.05) is 31.2 Å². The van der Waals surface area contributed by atoms with Gasteiger partial charge in [-0.1, -0.05) is 12.1 Å². The smallest absolute Gasteiger partial charge is 0.252 e. The SMILES string of the molecule is COc1cc(OC)cc(C(=O)N[C@@H](C)c2ccc(-n3cncn3)cc2)c1. The number of hydrogen-bond acceptors (Lipinski definition) is 5. The van der Waals surface area contributed by atoms with Gasteiger partial charge in [-0.05, 0) is 36.8 Å². The molecule has 26 heavy (non-hydrogen) atoms. The minimum absolute atomic E-state index is 0.163. The van der Waals surface area contributed by atoms with E-state index in [0.29, 0.717) is 17.1 Å². The van der Waals surface area contributed by atoms with E-state index < -0.39 is 0 Å². The first kappa shape index (κ1) is 17.5. The van der Waals surface area contributed by atoms with Gasteiger partial charge in [-0.25, -0.2) is 9.67 Å². The molecule has 1 heterocycles. The molecule has 0 unspecified atom stereocenters. The van der Waals surface area contributed by atoms with Gasteiger partial charge < -0.3 is 14.8 Å². The predicted molar refractivity (Wildman–Crippen MR) is 96.8 cm³/mol. The number of carbonyl (C=O) groups is 1. The first-order chi connectivity index (χ1) is 12.6. The maximum atomic E-state index is 12.6. The highest BCUT2D eigenvalue weighted by Crippen LogP contribution is 2.23. The predicted octanol–water partition coefficient (Wildman–Crippen LogP) is 2.78. The lowest BCUT2D eigenvalue weighted by molar-refractivity contribution is 0.0939. The largest absolute Gasteiger partial charge is 0.497 e. The Labute approximate surface area is 151 Å². The molecule has 1 aromatic heterocycles. The Kier molecular flexibility index (Phi) is 5.17. The zero-order chi connectivity index (χ0) is 18.5. The third-order valence-corrected chi connectivity index (χ3v) is 4.04. The van der Waals surface area contributed by atoms with Gasteiger partial charge in [0.15, 0.2) is 0 Å². The van der Waals surface area contributed by atoms with Crippen LogP contribution in [0.25, 0.3) is 5.69 Å². The molecule has 0 aliphatic heterocycles. The molecule has 1 N–H and O–H groups in total. The highest BCUT2D eigenvalue weighted by molar-refractivity contribution is 5.95. The van der Waals surface area contributed by atoms with Crippen LogP contribution in [0.4, 0.5) is 0 Å². The van der Waals surface area contributed by atoms with Crippen LogP contribution in [0.5, 0.6) is 11.5 Å². The van der Waals surface area contributed by atoms with Gasteiger partial charge in [0.1, 0.15) is 24.2 Å². The van der Waals surface area contributed by atoms with Crippen molar-refractivity contribution < 1.29 is 14.3 Å². The van der Waals surface area contributed by atoms with Crippen LogP contribution in [-0.2, 0) is 0 Å². The zero-order valence-corrected chi connectivity index (χ0v) is 14.8. The molecule has 7 nitrogen and oxygen atoms in total. The van der Waals surface area contributed by atoms with Crippen LogP contribution < -0.4 is 14.8 Å². The summed E-state index contributed by atoms with van der Waals surface area (Å²) in [6, 6.07) is 12.7. The molecule has 134 valence electrons. The topological polar surface area (TPSA) is 78.3 Å². The van der Waals surface area contributed by atoms with Gasteiger partial charge in [-0.15, -0.1) is 0 Å². The van der Waals surface area contributed by atoms with Gasteiger partial charge >= 0.3 is 0 Å². The molecule has 7 heteroatoms. The van der Waals surface area contributed by atoms with Crippen molar-refractivity contribution in [1.82, 2.24) is 20.1 Å². The van der Waals surface area contributed by atoms with Gasteiger partial charge in [-0.2, -0.15) is 5.10 Å². The van der Waals surface area contributed by atoms with E-state index in [9.17, 15) is 4.79 Å². The summed E-state index contributed by atoms with van der Waals surface area (Å²) in [6.45, 7) is 1.93. The van der Waals surface area contributed by atoms with Crippen LogP contribution >= 0.6 is 0 Å². The number of hydrogen-bond donors (Lipinski definition) is 1. The highest BCUT2D eigenvalue weighted by atomic mass is 16.5. The number of nitrogens with one attached hydrogen (secondary N) is 1. The van der Waals surface area contributed by atoms with Crippen LogP contribution in [0, 0.1) is 0 Å². The summed E-state index contributed by atoms with van der Waals surface area (Å²) >= 11 is 0. The Balaban J connectivity index is 1.73. The fraction of sp³-hybridized carbons (Fsp3) is 0.211. The summed E-state index contributed by atoms with van der Waals surface area (Å²) < 4.78 is 12.1. The average Bonchev–Trinajstić information content (AvgIpc) is 3.22. The second-order valence-electron chi connectivity index (χ2n) is 5.73. The molecule has 2 aromatic carbocycles. The van der Waals surface area contributed by atoms with Crippen molar-refractivity contribution in [3.05, 3.63) is 66.2 Å². The molecule has 1 amide bonds. The van der Waals surface area contributed by atoms with Crippen molar-refractivity contribution in [2.45, 2.75) is 13.0 Å². The lowest BCUT2D eigenvalue weighted by Gasteiger charge is -2.16. The fourth-order valence-electron chi connectivity index (χ4n) is 2.56. The molecule has 0 aliphatic carbocycles. The van der Waals surface area contributed by atoms with Crippen molar-refractivity contribution in [2.75, 3.05) is 14.2 Å². The Bertz CT molecular complexity index is 854. The lowest BCUT2D eigenvalue weighted by Crippen LogP contribution is -2.26. The first-order valence-corrected chi connectivity index (χ1v) is 8.09. The minimum Gasteiger partial charge on any atom is -0.497 e. The number of amides is 1. The molecule has 3 aromatic rings. The molecule has 0 bridgehead atoms. The molecule has 0 fully saturated rings. The van der Waals surface area contributed by atoms with Gasteiger partial charge in [0.05, 0.1) is 25.9 Å². The van der Waals surface area contributed by atoms with E-state index in [4.69, 9.17) is 9.47 Å². The molecular formula is C19H20N4O3. The summed E-state index contributed by atoms with van der Waals surface area (Å²) in [4.78, 5) is 16.5. The van der Waals surface area contributed by atoms with Gasteiger partial charge in [0, 0.05) is 11.6 Å². The molecule has 1 atom stereocenters. The first-order valence-electron chi connectivity index (χ1n) is 8.09. The van der Waals surface area contributed by atoms with Gasteiger partial charge in [0.25, 0.3) is 5.91 Å². The number of methoxy groups -OCH3 is 2. The van der Waals surface area contributed by atoms with Gasteiger partial charge in [0.2, 0.25) is 0 Å². The summed E-state index contributed by atoms with van der Waals surface area (Å²) in [6.07, 6.45) is 3.12. The van der Waals surface area contributed by atoms with E-state index >= 15 is 0 Å². The van der Waals surface area contributed by atoms with Crippen LogP contribution in [0.2, 0.25) is 0 Å². The number of nitrogens with zero attached hydrogens (tertiary/aromatic N) is 3. The quantitative estimate of drug-likeness (QED) is 0.738. The summed E-state index contributed by atoms with van der Waals surface area (Å²) in [5.74, 6) is 0.939. The van der Waals surface area contributed by atoms with Crippen LogP contribution in [0.1, 0.15) is 28.9 Å². The lowest BCUT2D eigenvalue weighted by atomic mass is 10.1. The van der Waals surface area contributed by atoms with Crippen molar-refractivity contribution in [3.63, 3.8) is 0 Å². The fourth-order valence-corrected chi connectivity index (χ4v) is 2.56. The second kappa shape index (κ2) is 7.69. The van der Waals surface area contributed by atoms with Crippen molar-refractivity contribution >= 4 is 5.91 Å². The normalized spacial score (nSPS) is 11.7. The third kappa shape index (κ3) is 3.83. The summed E-state index contributed by atoms with van der Waals surface area (Å²) in [5, 5.41) is 7.08. The van der Waals surface area contributed by atoms with Crippen LogP contribution in [0.15, 0.2) is 55.1 Å². The zero-order valence-electron chi connectivity index (χ0n) is 14.8.